The number of carboxylic acid groups (broad SMARTS) is 1. The molecule has 84 valence electrons. The molecule has 0 fully saturated rings. The fraction of sp³-hybridized carbons (Fsp3) is 0.750. The molecule has 0 aliphatic carbocycles. The lowest BCUT2D eigenvalue weighted by atomic mass is 10.2. The van der Waals surface area contributed by atoms with Crippen LogP contribution >= 0.6 is 0 Å². The molecule has 0 saturated heterocycles. The molecule has 1 unspecified atom stereocenters. The van der Waals surface area contributed by atoms with E-state index in [0.29, 0.717) is 0 Å². The van der Waals surface area contributed by atoms with Gasteiger partial charge in [0.25, 0.3) is 0 Å². The molecule has 0 aromatic rings. The van der Waals surface area contributed by atoms with Crippen molar-refractivity contribution in [1.29, 1.82) is 0 Å². The van der Waals surface area contributed by atoms with E-state index >= 15 is 0 Å². The molecular weight excluding hydrogens is 202 g/mol. The lowest BCUT2D eigenvalue weighted by molar-refractivity contribution is -0.157. The van der Waals surface area contributed by atoms with Crippen LogP contribution in [0.5, 0.6) is 0 Å². The minimum atomic E-state index is -1.41. The van der Waals surface area contributed by atoms with Crippen molar-refractivity contribution in [1.82, 2.24) is 0 Å². The van der Waals surface area contributed by atoms with Crippen LogP contribution in [0.4, 0.5) is 0 Å². The summed E-state index contributed by atoms with van der Waals surface area (Å²) in [5.74, 6) is -2.05. The van der Waals surface area contributed by atoms with Crippen molar-refractivity contribution >= 4 is 11.9 Å². The minimum absolute atomic E-state index is 0.462. The van der Waals surface area contributed by atoms with Crippen LogP contribution in [0.25, 0.3) is 10.4 Å². The van der Waals surface area contributed by atoms with Gasteiger partial charge in [0.15, 0.2) is 0 Å². The third-order valence-electron chi connectivity index (χ3n) is 1.26. The normalized spacial score (nSPS) is 12.5. The van der Waals surface area contributed by atoms with Crippen LogP contribution in [-0.4, -0.2) is 28.7 Å². The van der Waals surface area contributed by atoms with Gasteiger partial charge in [0.05, 0.1) is 6.42 Å². The van der Waals surface area contributed by atoms with Crippen LogP contribution < -0.4 is 0 Å². The molecule has 1 atom stereocenters. The number of carbonyl (C=O) groups is 2. The van der Waals surface area contributed by atoms with Crippen LogP contribution in [0.3, 0.4) is 0 Å². The van der Waals surface area contributed by atoms with Gasteiger partial charge in [-0.3, -0.25) is 9.59 Å². The summed E-state index contributed by atoms with van der Waals surface area (Å²) in [6.07, 6.45) is -0.462. The van der Waals surface area contributed by atoms with E-state index in [9.17, 15) is 9.59 Å². The Labute approximate surface area is 86.7 Å². The Morgan fingerprint density at radius 1 is 1.53 bits per heavy atom. The average molecular weight is 215 g/mol. The maximum absolute atomic E-state index is 11.2. The van der Waals surface area contributed by atoms with Gasteiger partial charge in [0.2, 0.25) is 0 Å². The second-order valence-electron chi connectivity index (χ2n) is 3.85. The van der Waals surface area contributed by atoms with Crippen molar-refractivity contribution in [2.24, 2.45) is 5.11 Å². The summed E-state index contributed by atoms with van der Waals surface area (Å²) in [5, 5.41) is 11.6. The van der Waals surface area contributed by atoms with Crippen molar-refractivity contribution < 1.29 is 19.4 Å². The molecular formula is C8H13N3O4. The molecule has 0 rings (SSSR count). The second kappa shape index (κ2) is 5.21. The zero-order chi connectivity index (χ0) is 12.1. The third kappa shape index (κ3) is 6.34. The van der Waals surface area contributed by atoms with Crippen molar-refractivity contribution in [2.45, 2.75) is 38.8 Å². The first-order valence-corrected chi connectivity index (χ1v) is 4.25. The molecule has 0 saturated carbocycles. The largest absolute Gasteiger partial charge is 0.481 e. The Kier molecular flexibility index (Phi) is 4.60. The standard InChI is InChI=1S/C8H13N3O4/c1-8(2,3)15-6(12)4-5(7(13)14)10-11-9/h5H,4H2,1-3H3,(H,13,14). The molecule has 7 nitrogen and oxygen atoms in total. The van der Waals surface area contributed by atoms with Gasteiger partial charge < -0.3 is 9.84 Å². The Hall–Kier alpha value is -1.75. The number of esters is 1. The maximum atomic E-state index is 11.2. The van der Waals surface area contributed by atoms with Gasteiger partial charge in [-0.15, -0.1) is 0 Å². The highest BCUT2D eigenvalue weighted by molar-refractivity contribution is 5.81. The molecule has 0 heterocycles. The molecule has 7 heteroatoms. The molecule has 1 N–H and O–H groups in total. The Morgan fingerprint density at radius 3 is 2.40 bits per heavy atom. The molecule has 0 amide bonds. The number of carbonyl (C=O) groups excluding carboxylic acids is 1. The van der Waals surface area contributed by atoms with Gasteiger partial charge in [-0.2, -0.15) is 0 Å². The van der Waals surface area contributed by atoms with E-state index in [-0.39, 0.29) is 0 Å². The first-order valence-electron chi connectivity index (χ1n) is 4.25. The first-order chi connectivity index (χ1) is 6.76. The highest BCUT2D eigenvalue weighted by atomic mass is 16.6. The Morgan fingerprint density at radius 2 is 2.07 bits per heavy atom. The second-order valence-corrected chi connectivity index (χ2v) is 3.85. The van der Waals surface area contributed by atoms with Crippen LogP contribution in [0.1, 0.15) is 27.2 Å². The SMILES string of the molecule is CC(C)(C)OC(=O)CC(N=[N+]=[N-])C(=O)O. The number of nitrogens with zero attached hydrogens (tertiary/aromatic N) is 3. The lowest BCUT2D eigenvalue weighted by Gasteiger charge is -2.19. The molecule has 0 aromatic carbocycles. The minimum Gasteiger partial charge on any atom is -0.481 e. The predicted octanol–water partition coefficient (Wildman–Crippen LogP) is 1.48. The number of hydrogen-bond acceptors (Lipinski definition) is 4. The lowest BCUT2D eigenvalue weighted by Crippen LogP contribution is -2.28. The average Bonchev–Trinajstić information content (AvgIpc) is 1.99. The van der Waals surface area contributed by atoms with Crippen LogP contribution in [0.2, 0.25) is 0 Å². The van der Waals surface area contributed by atoms with Crippen molar-refractivity contribution in [3.63, 3.8) is 0 Å². The molecule has 0 spiro atoms. The van der Waals surface area contributed by atoms with Crippen molar-refractivity contribution in [3.8, 4) is 0 Å². The monoisotopic (exact) mass is 215 g/mol. The first kappa shape index (κ1) is 13.2. The highest BCUT2D eigenvalue weighted by Gasteiger charge is 2.23. The predicted molar refractivity (Wildman–Crippen MR) is 51.0 cm³/mol. The molecule has 0 aliphatic rings. The van der Waals surface area contributed by atoms with Crippen LogP contribution in [-0.2, 0) is 14.3 Å². The molecule has 0 bridgehead atoms. The van der Waals surface area contributed by atoms with E-state index in [2.05, 4.69) is 10.0 Å². The number of azide groups is 1. The fourth-order valence-electron chi connectivity index (χ4n) is 0.781. The van der Waals surface area contributed by atoms with Crippen molar-refractivity contribution in [3.05, 3.63) is 10.4 Å². The van der Waals surface area contributed by atoms with Crippen molar-refractivity contribution in [2.75, 3.05) is 0 Å². The van der Waals surface area contributed by atoms with E-state index in [4.69, 9.17) is 15.4 Å². The summed E-state index contributed by atoms with van der Waals surface area (Å²) in [7, 11) is 0. The third-order valence-corrected chi connectivity index (χ3v) is 1.26. The molecule has 0 aromatic heterocycles. The summed E-state index contributed by atoms with van der Waals surface area (Å²) >= 11 is 0. The number of rotatable bonds is 4. The van der Waals surface area contributed by atoms with Gasteiger partial charge in [-0.05, 0) is 26.3 Å². The Balaban J connectivity index is 4.37. The number of carboxylic acids is 1. The summed E-state index contributed by atoms with van der Waals surface area (Å²) in [6.45, 7) is 4.98. The topological polar surface area (TPSA) is 112 Å². The molecule has 15 heavy (non-hydrogen) atoms. The van der Waals surface area contributed by atoms with Crippen LogP contribution in [0, 0.1) is 0 Å². The number of ether oxygens (including phenoxy) is 1. The highest BCUT2D eigenvalue weighted by Crippen LogP contribution is 2.10. The van der Waals surface area contributed by atoms with Gasteiger partial charge in [-0.25, -0.2) is 0 Å². The van der Waals surface area contributed by atoms with Gasteiger partial charge in [0.1, 0.15) is 11.6 Å². The fourth-order valence-corrected chi connectivity index (χ4v) is 0.781. The van der Waals surface area contributed by atoms with Gasteiger partial charge in [-0.1, -0.05) is 5.11 Å². The van der Waals surface area contributed by atoms with E-state index < -0.39 is 30.0 Å². The van der Waals surface area contributed by atoms with E-state index in [0.717, 1.165) is 0 Å². The summed E-state index contributed by atoms with van der Waals surface area (Å²) in [5.41, 5.74) is 7.39. The summed E-state index contributed by atoms with van der Waals surface area (Å²) in [6, 6.07) is -1.41. The smallest absolute Gasteiger partial charge is 0.313 e. The summed E-state index contributed by atoms with van der Waals surface area (Å²) in [4.78, 5) is 24.0. The van der Waals surface area contributed by atoms with Gasteiger partial charge in [0, 0.05) is 4.91 Å². The molecule has 0 radical (unpaired) electrons. The Bertz CT molecular complexity index is 299. The van der Waals surface area contributed by atoms with E-state index in [1.807, 2.05) is 0 Å². The number of hydrogen-bond donors (Lipinski definition) is 1. The van der Waals surface area contributed by atoms with E-state index in [1.54, 1.807) is 20.8 Å². The van der Waals surface area contributed by atoms with Gasteiger partial charge >= 0.3 is 11.9 Å². The maximum Gasteiger partial charge on any atom is 0.313 e. The summed E-state index contributed by atoms with van der Waals surface area (Å²) < 4.78 is 4.88. The van der Waals surface area contributed by atoms with Crippen LogP contribution in [0.15, 0.2) is 5.11 Å². The van der Waals surface area contributed by atoms with E-state index in [1.165, 1.54) is 0 Å². The number of aliphatic carboxylic acids is 1. The molecule has 0 aliphatic heterocycles. The zero-order valence-electron chi connectivity index (χ0n) is 8.80. The quantitative estimate of drug-likeness (QED) is 0.331. The zero-order valence-corrected chi connectivity index (χ0v) is 8.80.